The van der Waals surface area contributed by atoms with Gasteiger partial charge in [-0.05, 0) is 52.8 Å². The maximum atomic E-state index is 12.6. The summed E-state index contributed by atoms with van der Waals surface area (Å²) >= 11 is 0. The minimum Gasteiger partial charge on any atom is -0.512 e. The van der Waals surface area contributed by atoms with Crippen molar-refractivity contribution in [2.75, 3.05) is 13.2 Å². The van der Waals surface area contributed by atoms with E-state index >= 15 is 0 Å². The fourth-order valence-electron chi connectivity index (χ4n) is 4.02. The number of hydrogen-bond acceptors (Lipinski definition) is 4. The van der Waals surface area contributed by atoms with Crippen LogP contribution >= 0.6 is 0 Å². The molecule has 3 aliphatic carbocycles. The highest BCUT2D eigenvalue weighted by molar-refractivity contribution is 6.00. The summed E-state index contributed by atoms with van der Waals surface area (Å²) in [7, 11) is 0. The summed E-state index contributed by atoms with van der Waals surface area (Å²) in [6, 6.07) is 5.90. The summed E-state index contributed by atoms with van der Waals surface area (Å²) in [4.78, 5) is 12.6. The molecule has 0 aromatic heterocycles. The Hall–Kier alpha value is -2.43. The molecule has 0 saturated carbocycles. The van der Waals surface area contributed by atoms with Gasteiger partial charge in [0.2, 0.25) is 0 Å². The van der Waals surface area contributed by atoms with E-state index < -0.39 is 5.41 Å². The van der Waals surface area contributed by atoms with Crippen LogP contribution in [0, 0.1) is 5.41 Å². The molecule has 0 bridgehead atoms. The summed E-state index contributed by atoms with van der Waals surface area (Å²) in [5.74, 6) is 0.369. The molecule has 0 radical (unpaired) electrons. The smallest absolute Gasteiger partial charge is 0.163 e. The largest absolute Gasteiger partial charge is 0.512 e. The van der Waals surface area contributed by atoms with Crippen LogP contribution in [0.1, 0.15) is 40.7 Å². The summed E-state index contributed by atoms with van der Waals surface area (Å²) in [6.45, 7) is -0.379. The molecule has 0 amide bonds. The molecule has 4 nitrogen and oxygen atoms in total. The molecule has 4 rings (SSSR count). The average molecular weight is 350 g/mol. The first-order chi connectivity index (χ1) is 12.5. The van der Waals surface area contributed by atoms with Gasteiger partial charge in [-0.15, -0.1) is 0 Å². The topological polar surface area (TPSA) is 77.8 Å². The first kappa shape index (κ1) is 17.0. The molecular formula is C22H22O4. The minimum atomic E-state index is -0.739. The zero-order valence-corrected chi connectivity index (χ0v) is 14.5. The Morgan fingerprint density at radius 2 is 1.85 bits per heavy atom. The van der Waals surface area contributed by atoms with Crippen molar-refractivity contribution >= 4 is 11.4 Å². The number of ketones is 1. The van der Waals surface area contributed by atoms with E-state index in [2.05, 4.69) is 12.2 Å². The zero-order chi connectivity index (χ0) is 18.3. The molecule has 0 heterocycles. The Bertz CT molecular complexity index is 895. The molecule has 0 fully saturated rings. The van der Waals surface area contributed by atoms with Crippen LogP contribution in [0.15, 0.2) is 59.4 Å². The van der Waals surface area contributed by atoms with Crippen LogP contribution < -0.4 is 0 Å². The number of rotatable bonds is 4. The maximum absolute atomic E-state index is 12.6. The molecule has 1 aromatic rings. The Balaban J connectivity index is 1.60. The lowest BCUT2D eigenvalue weighted by Gasteiger charge is -2.34. The number of hydrogen-bond donors (Lipinski definition) is 3. The lowest BCUT2D eigenvalue weighted by atomic mass is 9.71. The highest BCUT2D eigenvalue weighted by Crippen LogP contribution is 2.38. The van der Waals surface area contributed by atoms with Crippen LogP contribution in [0.25, 0.3) is 5.57 Å². The zero-order valence-electron chi connectivity index (χ0n) is 14.5. The van der Waals surface area contributed by atoms with E-state index in [9.17, 15) is 20.1 Å². The third-order valence-corrected chi connectivity index (χ3v) is 5.64. The van der Waals surface area contributed by atoms with Crippen molar-refractivity contribution < 1.29 is 20.1 Å². The predicted octanol–water partition coefficient (Wildman–Crippen LogP) is 3.27. The van der Waals surface area contributed by atoms with Crippen molar-refractivity contribution in [1.82, 2.24) is 0 Å². The first-order valence-corrected chi connectivity index (χ1v) is 8.92. The maximum Gasteiger partial charge on any atom is 0.163 e. The van der Waals surface area contributed by atoms with Gasteiger partial charge < -0.3 is 15.3 Å². The average Bonchev–Trinajstić information content (AvgIpc) is 3.30. The van der Waals surface area contributed by atoms with Crippen LogP contribution in [0.3, 0.4) is 0 Å². The van der Waals surface area contributed by atoms with Crippen molar-refractivity contribution in [2.24, 2.45) is 5.41 Å². The molecule has 1 aromatic carbocycles. The van der Waals surface area contributed by atoms with Gasteiger partial charge in [-0.2, -0.15) is 0 Å². The number of aliphatic hydroxyl groups excluding tert-OH is 3. The van der Waals surface area contributed by atoms with Crippen molar-refractivity contribution in [2.45, 2.75) is 25.7 Å². The Labute approximate surface area is 152 Å². The van der Waals surface area contributed by atoms with Crippen molar-refractivity contribution in [1.29, 1.82) is 0 Å². The number of carbonyl (C=O) groups is 1. The number of fused-ring (bicyclic) bond motifs is 1. The van der Waals surface area contributed by atoms with E-state index in [4.69, 9.17) is 0 Å². The van der Waals surface area contributed by atoms with Crippen molar-refractivity contribution in [3.05, 3.63) is 76.1 Å². The quantitative estimate of drug-likeness (QED) is 0.779. The second-order valence-corrected chi connectivity index (χ2v) is 7.52. The van der Waals surface area contributed by atoms with Crippen molar-refractivity contribution in [3.8, 4) is 0 Å². The highest BCUT2D eigenvalue weighted by atomic mass is 16.3. The first-order valence-electron chi connectivity index (χ1n) is 8.92. The number of carbonyl (C=O) groups excluding carboxylic acids is 1. The second kappa shape index (κ2) is 6.38. The number of Topliss-reactive ketones (excluding diaryl/α,β-unsaturated/α-hetero) is 1. The molecular weight excluding hydrogens is 328 g/mol. The molecule has 0 spiro atoms. The van der Waals surface area contributed by atoms with Crippen molar-refractivity contribution in [3.63, 3.8) is 0 Å². The second-order valence-electron chi connectivity index (χ2n) is 7.52. The molecule has 0 aliphatic heterocycles. The molecule has 0 unspecified atom stereocenters. The third-order valence-electron chi connectivity index (χ3n) is 5.64. The Kier molecular flexibility index (Phi) is 4.17. The van der Waals surface area contributed by atoms with E-state index in [1.165, 1.54) is 0 Å². The van der Waals surface area contributed by atoms with Gasteiger partial charge in [0.25, 0.3) is 0 Å². The van der Waals surface area contributed by atoms with Crippen LogP contribution in [-0.2, 0) is 6.42 Å². The molecule has 0 atom stereocenters. The Morgan fingerprint density at radius 3 is 2.54 bits per heavy atom. The molecule has 4 heteroatoms. The molecule has 26 heavy (non-hydrogen) atoms. The SMILES string of the molecule is O=C1CC(CO)(CO)Cc2ccc(C3=CC(C4=CC=C(O)C4)=CC3)cc21. The normalized spacial score (nSPS) is 21.1. The van der Waals surface area contributed by atoms with Crippen LogP contribution in [0.5, 0.6) is 0 Å². The van der Waals surface area contributed by atoms with Gasteiger partial charge in [0, 0.05) is 23.8 Å². The summed E-state index contributed by atoms with van der Waals surface area (Å²) < 4.78 is 0. The Morgan fingerprint density at radius 1 is 1.04 bits per heavy atom. The lowest BCUT2D eigenvalue weighted by Crippen LogP contribution is -2.38. The standard InChI is InChI=1S/C22H22O4/c23-12-22(13-24)10-18-4-3-17(9-20(18)21(26)11-22)15-2-1-14(7-15)16-5-6-19(25)8-16/h1,3-7,9,23-25H,2,8,10-13H2. The summed E-state index contributed by atoms with van der Waals surface area (Å²) in [5.41, 5.74) is 5.28. The predicted molar refractivity (Wildman–Crippen MR) is 99.8 cm³/mol. The number of benzene rings is 1. The van der Waals surface area contributed by atoms with Gasteiger partial charge in [-0.1, -0.05) is 30.4 Å². The van der Waals surface area contributed by atoms with Gasteiger partial charge in [0.05, 0.1) is 19.0 Å². The molecule has 3 N–H and O–H groups in total. The molecule has 0 saturated heterocycles. The highest BCUT2D eigenvalue weighted by Gasteiger charge is 2.38. The third kappa shape index (κ3) is 2.85. The fraction of sp³-hybridized carbons (Fsp3) is 0.318. The van der Waals surface area contributed by atoms with Crippen LogP contribution in [-0.4, -0.2) is 34.3 Å². The number of aliphatic hydroxyl groups is 3. The molecule has 3 aliphatic rings. The van der Waals surface area contributed by atoms with Gasteiger partial charge in [0.15, 0.2) is 5.78 Å². The summed E-state index contributed by atoms with van der Waals surface area (Å²) in [5, 5.41) is 28.8. The fourth-order valence-corrected chi connectivity index (χ4v) is 4.02. The monoisotopic (exact) mass is 350 g/mol. The number of allylic oxidation sites excluding steroid dienone is 7. The summed E-state index contributed by atoms with van der Waals surface area (Å²) in [6.07, 6.45) is 10.0. The van der Waals surface area contributed by atoms with E-state index in [0.29, 0.717) is 24.2 Å². The molecule has 134 valence electrons. The van der Waals surface area contributed by atoms with Gasteiger partial charge in [-0.3, -0.25) is 4.79 Å². The van der Waals surface area contributed by atoms with E-state index in [1.807, 2.05) is 24.3 Å². The van der Waals surface area contributed by atoms with Crippen LogP contribution in [0.4, 0.5) is 0 Å². The van der Waals surface area contributed by atoms with Gasteiger partial charge in [0.1, 0.15) is 0 Å². The van der Waals surface area contributed by atoms with Crippen LogP contribution in [0.2, 0.25) is 0 Å². The lowest BCUT2D eigenvalue weighted by molar-refractivity contribution is 0.0387. The van der Waals surface area contributed by atoms with E-state index in [1.54, 1.807) is 6.08 Å². The van der Waals surface area contributed by atoms with E-state index in [-0.39, 0.29) is 25.4 Å². The van der Waals surface area contributed by atoms with E-state index in [0.717, 1.165) is 34.3 Å². The van der Waals surface area contributed by atoms with Gasteiger partial charge >= 0.3 is 0 Å². The minimum absolute atomic E-state index is 0.0180. The van der Waals surface area contributed by atoms with Gasteiger partial charge in [-0.25, -0.2) is 0 Å².